The van der Waals surface area contributed by atoms with Gasteiger partial charge in [-0.2, -0.15) is 0 Å². The van der Waals surface area contributed by atoms with Crippen LogP contribution in [0.25, 0.3) is 0 Å². The van der Waals surface area contributed by atoms with Crippen LogP contribution in [0.15, 0.2) is 41.0 Å². The van der Waals surface area contributed by atoms with Crippen molar-refractivity contribution in [2.75, 3.05) is 11.9 Å². The number of esters is 1. The number of hydrogen-bond acceptors (Lipinski definition) is 3. The zero-order valence-corrected chi connectivity index (χ0v) is 12.4. The zero-order valence-electron chi connectivity index (χ0n) is 10.8. The molecule has 0 spiro atoms. The Bertz CT molecular complexity index is 637. The fourth-order valence-corrected chi connectivity index (χ4v) is 1.94. The number of nitrogens with one attached hydrogen (secondary N) is 2. The molecule has 2 aromatic rings. The molecule has 2 N–H and O–H groups in total. The molecule has 0 atom stereocenters. The minimum absolute atomic E-state index is 0.292. The van der Waals surface area contributed by atoms with Crippen LogP contribution in [0, 0.1) is 6.92 Å². The SMILES string of the molecule is Cc1ccccc1NC(=O)COC(=O)c1cc(Br)c[nH]1. The first-order valence-electron chi connectivity index (χ1n) is 5.93. The Morgan fingerprint density at radius 2 is 2.10 bits per heavy atom. The van der Waals surface area contributed by atoms with Crippen LogP contribution < -0.4 is 5.32 Å². The molecule has 0 radical (unpaired) electrons. The quantitative estimate of drug-likeness (QED) is 0.843. The summed E-state index contributed by atoms with van der Waals surface area (Å²) in [6.07, 6.45) is 1.62. The molecule has 0 fully saturated rings. The summed E-state index contributed by atoms with van der Waals surface area (Å²) in [5.74, 6) is -0.950. The number of rotatable bonds is 4. The topological polar surface area (TPSA) is 71.2 Å². The first-order valence-corrected chi connectivity index (χ1v) is 6.72. The smallest absolute Gasteiger partial charge is 0.355 e. The highest BCUT2D eigenvalue weighted by molar-refractivity contribution is 9.10. The van der Waals surface area contributed by atoms with E-state index < -0.39 is 5.97 Å². The van der Waals surface area contributed by atoms with Crippen LogP contribution in [0.5, 0.6) is 0 Å². The number of halogens is 1. The lowest BCUT2D eigenvalue weighted by atomic mass is 10.2. The van der Waals surface area contributed by atoms with Crippen LogP contribution in [0.2, 0.25) is 0 Å². The molecule has 0 aliphatic heterocycles. The first-order chi connectivity index (χ1) is 9.56. The molecule has 1 aromatic carbocycles. The number of benzene rings is 1. The Morgan fingerprint density at radius 3 is 2.75 bits per heavy atom. The van der Waals surface area contributed by atoms with Crippen LogP contribution in [0.4, 0.5) is 5.69 Å². The van der Waals surface area contributed by atoms with Crippen LogP contribution in [-0.2, 0) is 9.53 Å². The second-order valence-corrected chi connectivity index (χ2v) is 5.09. The molecule has 5 nitrogen and oxygen atoms in total. The summed E-state index contributed by atoms with van der Waals surface area (Å²) < 4.78 is 5.66. The van der Waals surface area contributed by atoms with Gasteiger partial charge in [-0.15, -0.1) is 0 Å². The first kappa shape index (κ1) is 14.3. The standard InChI is InChI=1S/C14H13BrN2O3/c1-9-4-2-3-5-11(9)17-13(18)8-20-14(19)12-6-10(15)7-16-12/h2-7,16H,8H2,1H3,(H,17,18). The molecule has 0 bridgehead atoms. The number of H-pyrrole nitrogens is 1. The van der Waals surface area contributed by atoms with Gasteiger partial charge in [0.05, 0.1) is 0 Å². The minimum atomic E-state index is -0.573. The molecule has 104 valence electrons. The van der Waals surface area contributed by atoms with Crippen LogP contribution in [0.1, 0.15) is 16.1 Å². The summed E-state index contributed by atoms with van der Waals surface area (Å²) in [6.45, 7) is 1.56. The molecule has 0 aliphatic rings. The monoisotopic (exact) mass is 336 g/mol. The number of ether oxygens (including phenoxy) is 1. The highest BCUT2D eigenvalue weighted by atomic mass is 79.9. The van der Waals surface area contributed by atoms with E-state index in [-0.39, 0.29) is 12.5 Å². The van der Waals surface area contributed by atoms with E-state index in [1.807, 2.05) is 25.1 Å². The minimum Gasteiger partial charge on any atom is -0.451 e. The van der Waals surface area contributed by atoms with Gasteiger partial charge in [-0.1, -0.05) is 18.2 Å². The van der Waals surface area contributed by atoms with Gasteiger partial charge in [0.25, 0.3) is 5.91 Å². The van der Waals surface area contributed by atoms with Crippen molar-refractivity contribution in [3.05, 3.63) is 52.3 Å². The Morgan fingerprint density at radius 1 is 1.35 bits per heavy atom. The van der Waals surface area contributed by atoms with E-state index in [2.05, 4.69) is 26.2 Å². The molecule has 0 aliphatic carbocycles. The molecular formula is C14H13BrN2O3. The molecule has 2 rings (SSSR count). The van der Waals surface area contributed by atoms with Crippen molar-refractivity contribution in [3.63, 3.8) is 0 Å². The van der Waals surface area contributed by atoms with Crippen LogP contribution in [0.3, 0.4) is 0 Å². The van der Waals surface area contributed by atoms with Gasteiger partial charge >= 0.3 is 5.97 Å². The lowest BCUT2D eigenvalue weighted by Crippen LogP contribution is -2.21. The Balaban J connectivity index is 1.87. The average Bonchev–Trinajstić information content (AvgIpc) is 2.85. The summed E-state index contributed by atoms with van der Waals surface area (Å²) in [5, 5.41) is 2.69. The van der Waals surface area contributed by atoms with Crippen molar-refractivity contribution in [2.45, 2.75) is 6.92 Å². The molecule has 1 aromatic heterocycles. The number of aromatic nitrogens is 1. The Hall–Kier alpha value is -2.08. The van der Waals surface area contributed by atoms with Gasteiger partial charge in [0.1, 0.15) is 5.69 Å². The zero-order chi connectivity index (χ0) is 14.5. The number of hydrogen-bond donors (Lipinski definition) is 2. The predicted molar refractivity (Wildman–Crippen MR) is 78.6 cm³/mol. The number of anilines is 1. The van der Waals surface area contributed by atoms with Crippen molar-refractivity contribution in [2.24, 2.45) is 0 Å². The van der Waals surface area contributed by atoms with Crippen LogP contribution in [-0.4, -0.2) is 23.5 Å². The molecule has 1 amide bonds. The highest BCUT2D eigenvalue weighted by Crippen LogP contribution is 2.13. The van der Waals surface area contributed by atoms with Crippen LogP contribution >= 0.6 is 15.9 Å². The molecular weight excluding hydrogens is 324 g/mol. The normalized spacial score (nSPS) is 10.1. The third-order valence-corrected chi connectivity index (χ3v) is 3.08. The van der Waals surface area contributed by atoms with Gasteiger partial charge in [0.15, 0.2) is 6.61 Å². The van der Waals surface area contributed by atoms with Crippen molar-refractivity contribution in [1.82, 2.24) is 4.98 Å². The van der Waals surface area contributed by atoms with Crippen molar-refractivity contribution in [1.29, 1.82) is 0 Å². The molecule has 1 heterocycles. The summed E-state index contributed by atoms with van der Waals surface area (Å²) in [7, 11) is 0. The summed E-state index contributed by atoms with van der Waals surface area (Å²) >= 11 is 3.21. The van der Waals surface area contributed by atoms with Gasteiger partial charge in [0, 0.05) is 16.4 Å². The van der Waals surface area contributed by atoms with Gasteiger partial charge in [-0.05, 0) is 40.5 Å². The van der Waals surface area contributed by atoms with Crippen molar-refractivity contribution < 1.29 is 14.3 Å². The van der Waals surface area contributed by atoms with E-state index in [0.29, 0.717) is 11.4 Å². The fourth-order valence-electron chi connectivity index (χ4n) is 1.59. The lowest BCUT2D eigenvalue weighted by molar-refractivity contribution is -0.119. The third-order valence-electron chi connectivity index (χ3n) is 2.62. The summed E-state index contributed by atoms with van der Waals surface area (Å²) in [5.41, 5.74) is 1.94. The largest absolute Gasteiger partial charge is 0.451 e. The van der Waals surface area contributed by atoms with Gasteiger partial charge in [-0.3, -0.25) is 4.79 Å². The molecule has 0 unspecified atom stereocenters. The highest BCUT2D eigenvalue weighted by Gasteiger charge is 2.12. The Labute approximate surface area is 124 Å². The van der Waals surface area contributed by atoms with E-state index in [4.69, 9.17) is 4.74 Å². The maximum atomic E-state index is 11.7. The van der Waals surface area contributed by atoms with E-state index in [1.165, 1.54) is 0 Å². The number of aryl methyl sites for hydroxylation is 1. The molecule has 0 saturated heterocycles. The number of carbonyl (C=O) groups excluding carboxylic acids is 2. The number of para-hydroxylation sites is 1. The van der Waals surface area contributed by atoms with Gasteiger partial charge in [0.2, 0.25) is 0 Å². The molecule has 20 heavy (non-hydrogen) atoms. The summed E-state index contributed by atoms with van der Waals surface area (Å²) in [6, 6.07) is 8.97. The van der Waals surface area contributed by atoms with Gasteiger partial charge in [-0.25, -0.2) is 4.79 Å². The second-order valence-electron chi connectivity index (χ2n) is 4.17. The number of amides is 1. The lowest BCUT2D eigenvalue weighted by Gasteiger charge is -2.08. The maximum absolute atomic E-state index is 11.7. The van der Waals surface area contributed by atoms with Crippen molar-refractivity contribution >= 4 is 33.5 Å². The number of aromatic amines is 1. The molecule has 0 saturated carbocycles. The van der Waals surface area contributed by atoms with Crippen molar-refractivity contribution in [3.8, 4) is 0 Å². The van der Waals surface area contributed by atoms with E-state index >= 15 is 0 Å². The average molecular weight is 337 g/mol. The van der Waals surface area contributed by atoms with Gasteiger partial charge < -0.3 is 15.0 Å². The maximum Gasteiger partial charge on any atom is 0.355 e. The predicted octanol–water partition coefficient (Wildman–Crippen LogP) is 2.88. The fraction of sp³-hybridized carbons (Fsp3) is 0.143. The second kappa shape index (κ2) is 6.38. The number of carbonyl (C=O) groups is 2. The third kappa shape index (κ3) is 3.71. The Kier molecular flexibility index (Phi) is 4.57. The van der Waals surface area contributed by atoms with E-state index in [9.17, 15) is 9.59 Å². The molecule has 6 heteroatoms. The summed E-state index contributed by atoms with van der Waals surface area (Å²) in [4.78, 5) is 26.1. The van der Waals surface area contributed by atoms with E-state index in [0.717, 1.165) is 10.0 Å². The van der Waals surface area contributed by atoms with E-state index in [1.54, 1.807) is 18.3 Å².